The Bertz CT molecular complexity index is 540. The average Bonchev–Trinajstić information content (AvgIpc) is 2.46. The fraction of sp³-hybridized carbons (Fsp3) is 0.235. The molecule has 2 heteroatoms. The van der Waals surface area contributed by atoms with E-state index in [2.05, 4.69) is 31.2 Å². The Hall–Kier alpha value is -1.54. The highest BCUT2D eigenvalue weighted by molar-refractivity contribution is 7.98. The normalized spacial score (nSPS) is 10.4. The Morgan fingerprint density at radius 2 is 1.53 bits per heavy atom. The number of hydrogen-bond donors (Lipinski definition) is 0. The summed E-state index contributed by atoms with van der Waals surface area (Å²) in [5.41, 5.74) is 3.48. The van der Waals surface area contributed by atoms with Gasteiger partial charge in [0, 0.05) is 16.2 Å². The van der Waals surface area contributed by atoms with Crippen LogP contribution in [0.5, 0.6) is 0 Å². The summed E-state index contributed by atoms with van der Waals surface area (Å²) in [7, 11) is 0. The predicted octanol–water partition coefficient (Wildman–Crippen LogP) is 4.74. The molecule has 2 aromatic carbocycles. The summed E-state index contributed by atoms with van der Waals surface area (Å²) >= 11 is 1.80. The molecule has 0 amide bonds. The fourth-order valence-corrected chi connectivity index (χ4v) is 2.68. The number of rotatable bonds is 5. The summed E-state index contributed by atoms with van der Waals surface area (Å²) in [4.78, 5) is 12.4. The van der Waals surface area contributed by atoms with Crippen LogP contribution in [0.1, 0.15) is 35.3 Å². The lowest BCUT2D eigenvalue weighted by Gasteiger charge is -2.04. The molecule has 0 aliphatic heterocycles. The number of ketones is 1. The Balaban J connectivity index is 1.95. The van der Waals surface area contributed by atoms with Crippen LogP contribution in [-0.4, -0.2) is 5.78 Å². The van der Waals surface area contributed by atoms with Crippen molar-refractivity contribution in [3.63, 3.8) is 0 Å². The van der Waals surface area contributed by atoms with Crippen LogP contribution in [-0.2, 0) is 12.2 Å². The molecule has 2 rings (SSSR count). The highest BCUT2D eigenvalue weighted by Gasteiger charge is 2.00. The Morgan fingerprint density at radius 3 is 2.05 bits per heavy atom. The van der Waals surface area contributed by atoms with Gasteiger partial charge in [-0.25, -0.2) is 0 Å². The quantitative estimate of drug-likeness (QED) is 0.576. The first kappa shape index (κ1) is 13.9. The van der Waals surface area contributed by atoms with Gasteiger partial charge in [0.2, 0.25) is 0 Å². The van der Waals surface area contributed by atoms with Crippen molar-refractivity contribution in [2.75, 3.05) is 0 Å². The van der Waals surface area contributed by atoms with Gasteiger partial charge in [-0.1, -0.05) is 43.3 Å². The summed E-state index contributed by atoms with van der Waals surface area (Å²) in [6, 6.07) is 16.6. The monoisotopic (exact) mass is 270 g/mol. The van der Waals surface area contributed by atoms with E-state index in [1.54, 1.807) is 18.7 Å². The van der Waals surface area contributed by atoms with Gasteiger partial charge in [-0.15, -0.1) is 11.8 Å². The van der Waals surface area contributed by atoms with E-state index in [1.807, 2.05) is 24.3 Å². The summed E-state index contributed by atoms with van der Waals surface area (Å²) in [6.07, 6.45) is 1.08. The minimum Gasteiger partial charge on any atom is -0.295 e. The number of carbonyl (C=O) groups is 1. The molecule has 0 spiro atoms. The second-order valence-corrected chi connectivity index (χ2v) is 5.59. The van der Waals surface area contributed by atoms with Gasteiger partial charge in [0.25, 0.3) is 0 Å². The molecule has 19 heavy (non-hydrogen) atoms. The summed E-state index contributed by atoms with van der Waals surface area (Å²) < 4.78 is 0. The molecule has 0 aromatic heterocycles. The lowest BCUT2D eigenvalue weighted by atomic mass is 10.1. The van der Waals surface area contributed by atoms with Crippen LogP contribution in [0.15, 0.2) is 53.4 Å². The van der Waals surface area contributed by atoms with Crippen molar-refractivity contribution < 1.29 is 4.79 Å². The van der Waals surface area contributed by atoms with Crippen molar-refractivity contribution in [2.24, 2.45) is 0 Å². The van der Waals surface area contributed by atoms with E-state index in [-0.39, 0.29) is 5.78 Å². The molecule has 0 unspecified atom stereocenters. The second kappa shape index (κ2) is 6.58. The minimum absolute atomic E-state index is 0.117. The number of benzene rings is 2. The first-order valence-electron chi connectivity index (χ1n) is 6.50. The molecule has 0 saturated heterocycles. The minimum atomic E-state index is 0.117. The molecular weight excluding hydrogens is 252 g/mol. The zero-order valence-electron chi connectivity index (χ0n) is 11.3. The van der Waals surface area contributed by atoms with E-state index in [4.69, 9.17) is 0 Å². The van der Waals surface area contributed by atoms with E-state index >= 15 is 0 Å². The molecule has 0 N–H and O–H groups in total. The van der Waals surface area contributed by atoms with Crippen molar-refractivity contribution in [3.05, 3.63) is 65.2 Å². The molecule has 0 bridgehead atoms. The van der Waals surface area contributed by atoms with Crippen molar-refractivity contribution >= 4 is 17.5 Å². The third-order valence-corrected chi connectivity index (χ3v) is 4.18. The number of hydrogen-bond acceptors (Lipinski definition) is 2. The third-order valence-electron chi connectivity index (χ3n) is 3.10. The molecule has 0 radical (unpaired) electrons. The average molecular weight is 270 g/mol. The van der Waals surface area contributed by atoms with Gasteiger partial charge in [0.15, 0.2) is 5.78 Å². The first-order valence-corrected chi connectivity index (χ1v) is 7.49. The lowest BCUT2D eigenvalue weighted by Crippen LogP contribution is -1.90. The lowest BCUT2D eigenvalue weighted by molar-refractivity contribution is 0.101. The maximum Gasteiger partial charge on any atom is 0.159 e. The van der Waals surface area contributed by atoms with Crippen LogP contribution in [0.3, 0.4) is 0 Å². The number of aryl methyl sites for hydroxylation is 1. The summed E-state index contributed by atoms with van der Waals surface area (Å²) in [6.45, 7) is 3.76. The van der Waals surface area contributed by atoms with Gasteiger partial charge in [-0.3, -0.25) is 4.79 Å². The highest BCUT2D eigenvalue weighted by Crippen LogP contribution is 2.23. The third kappa shape index (κ3) is 3.97. The molecule has 0 fully saturated rings. The zero-order chi connectivity index (χ0) is 13.7. The van der Waals surface area contributed by atoms with Crippen LogP contribution in [0.2, 0.25) is 0 Å². The van der Waals surface area contributed by atoms with Crippen LogP contribution in [0.25, 0.3) is 0 Å². The SMILES string of the molecule is CCc1ccc(CSc2ccc(C(C)=O)cc2)cc1. The maximum absolute atomic E-state index is 11.2. The molecule has 1 nitrogen and oxygen atoms in total. The van der Waals surface area contributed by atoms with Gasteiger partial charge in [0.05, 0.1) is 0 Å². The van der Waals surface area contributed by atoms with Crippen LogP contribution in [0, 0.1) is 0 Å². The highest BCUT2D eigenvalue weighted by atomic mass is 32.2. The molecule has 0 aliphatic carbocycles. The fourth-order valence-electron chi connectivity index (χ4n) is 1.82. The summed E-state index contributed by atoms with van der Waals surface area (Å²) in [5, 5.41) is 0. The Morgan fingerprint density at radius 1 is 0.947 bits per heavy atom. The Kier molecular flexibility index (Phi) is 4.80. The van der Waals surface area contributed by atoms with Crippen LogP contribution in [0.4, 0.5) is 0 Å². The molecule has 0 saturated carbocycles. The molecule has 0 atom stereocenters. The van der Waals surface area contributed by atoms with E-state index in [9.17, 15) is 4.79 Å². The second-order valence-electron chi connectivity index (χ2n) is 4.54. The van der Waals surface area contributed by atoms with Crippen molar-refractivity contribution in [2.45, 2.75) is 30.9 Å². The molecular formula is C17H18OS. The van der Waals surface area contributed by atoms with Gasteiger partial charge >= 0.3 is 0 Å². The van der Waals surface area contributed by atoms with Crippen molar-refractivity contribution in [1.29, 1.82) is 0 Å². The van der Waals surface area contributed by atoms with Gasteiger partial charge in [0.1, 0.15) is 0 Å². The molecule has 2 aromatic rings. The van der Waals surface area contributed by atoms with Gasteiger partial charge in [-0.2, -0.15) is 0 Å². The van der Waals surface area contributed by atoms with E-state index in [0.29, 0.717) is 0 Å². The smallest absolute Gasteiger partial charge is 0.159 e. The topological polar surface area (TPSA) is 17.1 Å². The summed E-state index contributed by atoms with van der Waals surface area (Å²) in [5.74, 6) is 1.08. The van der Waals surface area contributed by atoms with Crippen LogP contribution >= 0.6 is 11.8 Å². The van der Waals surface area contributed by atoms with E-state index < -0.39 is 0 Å². The van der Waals surface area contributed by atoms with Crippen molar-refractivity contribution in [1.82, 2.24) is 0 Å². The maximum atomic E-state index is 11.2. The number of thioether (sulfide) groups is 1. The number of Topliss-reactive ketones (excluding diaryl/α,β-unsaturated/α-hetero) is 1. The largest absolute Gasteiger partial charge is 0.295 e. The van der Waals surface area contributed by atoms with E-state index in [0.717, 1.165) is 17.7 Å². The van der Waals surface area contributed by atoms with Gasteiger partial charge in [-0.05, 0) is 36.6 Å². The van der Waals surface area contributed by atoms with Gasteiger partial charge < -0.3 is 0 Å². The number of carbonyl (C=O) groups excluding carboxylic acids is 1. The van der Waals surface area contributed by atoms with Crippen molar-refractivity contribution in [3.8, 4) is 0 Å². The Labute approximate surface area is 119 Å². The van der Waals surface area contributed by atoms with Crippen LogP contribution < -0.4 is 0 Å². The zero-order valence-corrected chi connectivity index (χ0v) is 12.2. The molecule has 0 heterocycles. The first-order chi connectivity index (χ1) is 9.19. The van der Waals surface area contributed by atoms with E-state index in [1.165, 1.54) is 16.0 Å². The standard InChI is InChI=1S/C17H18OS/c1-3-14-4-6-15(7-5-14)12-19-17-10-8-16(9-11-17)13(2)18/h4-11H,3,12H2,1-2H3. The predicted molar refractivity (Wildman–Crippen MR) is 81.8 cm³/mol. The molecule has 0 aliphatic rings. The molecule has 98 valence electrons.